The Hall–Kier alpha value is -1.38. The first-order chi connectivity index (χ1) is 10.1. The standard InChI is InChI=1S/C18H24FNO/c1-14-13-15(19)5-6-16(14)17(21)20-11-9-18(10-12-20)7-3-2-4-8-18/h5-6,13H,2-4,7-12H2,1H3. The van der Waals surface area contributed by atoms with E-state index in [1.807, 2.05) is 11.8 Å². The molecule has 1 aliphatic heterocycles. The van der Waals surface area contributed by atoms with E-state index in [0.29, 0.717) is 11.0 Å². The van der Waals surface area contributed by atoms with Crippen molar-refractivity contribution >= 4 is 5.91 Å². The van der Waals surface area contributed by atoms with Crippen molar-refractivity contribution in [2.75, 3.05) is 13.1 Å². The van der Waals surface area contributed by atoms with E-state index in [-0.39, 0.29) is 11.7 Å². The minimum absolute atomic E-state index is 0.0677. The van der Waals surface area contributed by atoms with Gasteiger partial charge in [-0.3, -0.25) is 4.79 Å². The van der Waals surface area contributed by atoms with Gasteiger partial charge in [0.25, 0.3) is 5.91 Å². The number of aryl methyl sites for hydroxylation is 1. The Morgan fingerprint density at radius 3 is 2.38 bits per heavy atom. The van der Waals surface area contributed by atoms with Crippen LogP contribution in [0.4, 0.5) is 4.39 Å². The van der Waals surface area contributed by atoms with Gasteiger partial charge in [-0.05, 0) is 61.8 Å². The number of carbonyl (C=O) groups excluding carboxylic acids is 1. The van der Waals surface area contributed by atoms with Crippen LogP contribution in [0.1, 0.15) is 60.9 Å². The molecule has 2 fully saturated rings. The van der Waals surface area contributed by atoms with Gasteiger partial charge in [-0.1, -0.05) is 19.3 Å². The van der Waals surface area contributed by atoms with Crippen LogP contribution < -0.4 is 0 Å². The molecule has 0 radical (unpaired) electrons. The molecule has 0 aromatic heterocycles. The highest BCUT2D eigenvalue weighted by atomic mass is 19.1. The highest BCUT2D eigenvalue weighted by molar-refractivity contribution is 5.95. The Bertz CT molecular complexity index is 524. The molecular formula is C18H24FNO. The number of likely N-dealkylation sites (tertiary alicyclic amines) is 1. The minimum atomic E-state index is -0.274. The smallest absolute Gasteiger partial charge is 0.254 e. The third-order valence-electron chi connectivity index (χ3n) is 5.44. The van der Waals surface area contributed by atoms with Crippen LogP contribution in [0.3, 0.4) is 0 Å². The first-order valence-electron chi connectivity index (χ1n) is 8.15. The van der Waals surface area contributed by atoms with Crippen molar-refractivity contribution in [1.82, 2.24) is 4.90 Å². The molecule has 0 bridgehead atoms. The summed E-state index contributed by atoms with van der Waals surface area (Å²) in [6, 6.07) is 4.45. The van der Waals surface area contributed by atoms with Gasteiger partial charge < -0.3 is 4.90 Å². The molecule has 114 valence electrons. The summed E-state index contributed by atoms with van der Waals surface area (Å²) in [4.78, 5) is 14.6. The zero-order valence-electron chi connectivity index (χ0n) is 12.8. The van der Waals surface area contributed by atoms with Crippen molar-refractivity contribution in [2.24, 2.45) is 5.41 Å². The Morgan fingerprint density at radius 1 is 1.10 bits per heavy atom. The van der Waals surface area contributed by atoms with Crippen molar-refractivity contribution in [3.05, 3.63) is 35.1 Å². The maximum Gasteiger partial charge on any atom is 0.254 e. The summed E-state index contributed by atoms with van der Waals surface area (Å²) < 4.78 is 13.2. The maximum atomic E-state index is 13.2. The van der Waals surface area contributed by atoms with Crippen LogP contribution in [0.2, 0.25) is 0 Å². The monoisotopic (exact) mass is 289 g/mol. The van der Waals surface area contributed by atoms with E-state index in [9.17, 15) is 9.18 Å². The SMILES string of the molecule is Cc1cc(F)ccc1C(=O)N1CCC2(CCCCC2)CC1. The zero-order valence-corrected chi connectivity index (χ0v) is 12.8. The molecule has 2 nitrogen and oxygen atoms in total. The largest absolute Gasteiger partial charge is 0.339 e. The minimum Gasteiger partial charge on any atom is -0.339 e. The fourth-order valence-corrected chi connectivity index (χ4v) is 4.02. The third kappa shape index (κ3) is 2.97. The third-order valence-corrected chi connectivity index (χ3v) is 5.44. The van der Waals surface area contributed by atoms with Crippen LogP contribution in [0.5, 0.6) is 0 Å². The Labute approximate surface area is 126 Å². The fourth-order valence-electron chi connectivity index (χ4n) is 4.02. The number of nitrogens with zero attached hydrogens (tertiary/aromatic N) is 1. The summed E-state index contributed by atoms with van der Waals surface area (Å²) in [5.74, 6) is -0.206. The van der Waals surface area contributed by atoms with E-state index in [1.54, 1.807) is 6.07 Å². The predicted molar refractivity (Wildman–Crippen MR) is 81.8 cm³/mol. The van der Waals surface area contributed by atoms with Crippen molar-refractivity contribution < 1.29 is 9.18 Å². The first kappa shape index (κ1) is 14.6. The van der Waals surface area contributed by atoms with Gasteiger partial charge in [0.05, 0.1) is 0 Å². The van der Waals surface area contributed by atoms with Gasteiger partial charge in [-0.15, -0.1) is 0 Å². The lowest BCUT2D eigenvalue weighted by molar-refractivity contribution is 0.0471. The molecule has 0 atom stereocenters. The van der Waals surface area contributed by atoms with Gasteiger partial charge in [0.1, 0.15) is 5.82 Å². The lowest BCUT2D eigenvalue weighted by Crippen LogP contribution is -2.44. The number of halogens is 1. The number of rotatable bonds is 1. The van der Waals surface area contributed by atoms with Crippen LogP contribution in [-0.2, 0) is 0 Å². The first-order valence-corrected chi connectivity index (χ1v) is 8.15. The number of amides is 1. The second kappa shape index (κ2) is 5.78. The number of piperidine rings is 1. The molecule has 1 spiro atoms. The zero-order chi connectivity index (χ0) is 14.9. The quantitative estimate of drug-likeness (QED) is 0.754. The molecule has 1 heterocycles. The second-order valence-electron chi connectivity index (χ2n) is 6.81. The number of benzene rings is 1. The van der Waals surface area contributed by atoms with Crippen LogP contribution in [0.15, 0.2) is 18.2 Å². The van der Waals surface area contributed by atoms with Gasteiger partial charge in [0, 0.05) is 18.7 Å². The second-order valence-corrected chi connectivity index (χ2v) is 6.81. The number of hydrogen-bond donors (Lipinski definition) is 0. The number of hydrogen-bond acceptors (Lipinski definition) is 1. The summed E-state index contributed by atoms with van der Waals surface area (Å²) >= 11 is 0. The van der Waals surface area contributed by atoms with E-state index >= 15 is 0 Å². The maximum absolute atomic E-state index is 13.2. The molecule has 1 saturated heterocycles. The van der Waals surface area contributed by atoms with Crippen molar-refractivity contribution in [2.45, 2.75) is 51.9 Å². The Morgan fingerprint density at radius 2 is 1.76 bits per heavy atom. The van der Waals surface area contributed by atoms with Gasteiger partial charge in [-0.25, -0.2) is 4.39 Å². The molecule has 0 unspecified atom stereocenters. The van der Waals surface area contributed by atoms with E-state index in [2.05, 4.69) is 0 Å². The van der Waals surface area contributed by atoms with Gasteiger partial charge in [0.2, 0.25) is 0 Å². The van der Waals surface area contributed by atoms with Gasteiger partial charge in [-0.2, -0.15) is 0 Å². The summed E-state index contributed by atoms with van der Waals surface area (Å²) in [6.45, 7) is 3.52. The topological polar surface area (TPSA) is 20.3 Å². The fraction of sp³-hybridized carbons (Fsp3) is 0.611. The number of carbonyl (C=O) groups is 1. The molecule has 1 amide bonds. The average Bonchev–Trinajstić information content (AvgIpc) is 2.48. The lowest BCUT2D eigenvalue weighted by Gasteiger charge is -2.44. The molecule has 3 heteroatoms. The van der Waals surface area contributed by atoms with Crippen LogP contribution in [-0.4, -0.2) is 23.9 Å². The van der Waals surface area contributed by atoms with E-state index in [0.717, 1.165) is 31.5 Å². The summed E-state index contributed by atoms with van der Waals surface area (Å²) in [5, 5.41) is 0. The Balaban J connectivity index is 1.67. The highest BCUT2D eigenvalue weighted by Crippen LogP contribution is 2.44. The molecule has 1 aromatic carbocycles. The van der Waals surface area contributed by atoms with Gasteiger partial charge in [0.15, 0.2) is 0 Å². The summed E-state index contributed by atoms with van der Waals surface area (Å²) in [5.41, 5.74) is 1.89. The van der Waals surface area contributed by atoms with E-state index in [1.165, 1.54) is 44.2 Å². The van der Waals surface area contributed by atoms with E-state index < -0.39 is 0 Å². The highest BCUT2D eigenvalue weighted by Gasteiger charge is 2.36. The molecule has 1 saturated carbocycles. The lowest BCUT2D eigenvalue weighted by atomic mass is 9.68. The molecule has 3 rings (SSSR count). The van der Waals surface area contributed by atoms with Crippen molar-refractivity contribution in [3.8, 4) is 0 Å². The molecular weight excluding hydrogens is 265 g/mol. The molecule has 1 aromatic rings. The van der Waals surface area contributed by atoms with Gasteiger partial charge >= 0.3 is 0 Å². The van der Waals surface area contributed by atoms with Crippen LogP contribution >= 0.6 is 0 Å². The molecule has 0 N–H and O–H groups in total. The Kier molecular flexibility index (Phi) is 4.01. The van der Waals surface area contributed by atoms with E-state index in [4.69, 9.17) is 0 Å². The summed E-state index contributed by atoms with van der Waals surface area (Å²) in [7, 11) is 0. The van der Waals surface area contributed by atoms with Crippen LogP contribution in [0, 0.1) is 18.2 Å². The van der Waals surface area contributed by atoms with Crippen molar-refractivity contribution in [3.63, 3.8) is 0 Å². The molecule has 21 heavy (non-hydrogen) atoms. The molecule has 1 aliphatic carbocycles. The van der Waals surface area contributed by atoms with Crippen molar-refractivity contribution in [1.29, 1.82) is 0 Å². The molecule has 2 aliphatic rings. The summed E-state index contributed by atoms with van der Waals surface area (Å²) in [6.07, 6.45) is 9.03. The average molecular weight is 289 g/mol. The van der Waals surface area contributed by atoms with Crippen LogP contribution in [0.25, 0.3) is 0 Å². The predicted octanol–water partition coefficient (Wildman–Crippen LogP) is 4.32. The normalized spacial score (nSPS) is 21.5.